The Morgan fingerprint density at radius 1 is 1.23 bits per heavy atom. The van der Waals surface area contributed by atoms with Crippen LogP contribution in [-0.2, 0) is 4.79 Å². The van der Waals surface area contributed by atoms with Crippen molar-refractivity contribution in [3.63, 3.8) is 0 Å². The Morgan fingerprint density at radius 3 is 2.86 bits per heavy atom. The monoisotopic (exact) mass is 332 g/mol. The first-order valence-electron chi connectivity index (χ1n) is 6.42. The van der Waals surface area contributed by atoms with Crippen molar-refractivity contribution in [2.75, 3.05) is 5.32 Å². The van der Waals surface area contributed by atoms with Crippen LogP contribution in [0.3, 0.4) is 0 Å². The molecule has 0 spiro atoms. The third-order valence-corrected chi connectivity index (χ3v) is 4.19. The molecular weight excluding hydrogens is 323 g/mol. The van der Waals surface area contributed by atoms with Crippen molar-refractivity contribution in [1.29, 1.82) is 0 Å². The first kappa shape index (κ1) is 14.7. The number of carbonyl (C=O) groups is 1. The zero-order valence-corrected chi connectivity index (χ0v) is 12.8. The van der Waals surface area contributed by atoms with Gasteiger partial charge in [0.2, 0.25) is 5.91 Å². The Labute approximate surface area is 135 Å². The van der Waals surface area contributed by atoms with Gasteiger partial charge in [0.15, 0.2) is 5.82 Å². The molecule has 0 saturated heterocycles. The van der Waals surface area contributed by atoms with E-state index in [-0.39, 0.29) is 10.7 Å². The molecule has 0 bridgehead atoms. The van der Waals surface area contributed by atoms with Gasteiger partial charge in [0.25, 0.3) is 0 Å². The molecule has 0 aliphatic rings. The lowest BCUT2D eigenvalue weighted by atomic mass is 10.3. The number of hydrogen-bond acceptors (Lipinski definition) is 3. The van der Waals surface area contributed by atoms with Gasteiger partial charge in [-0.15, -0.1) is 11.3 Å². The smallest absolute Gasteiger partial charge is 0.248 e. The van der Waals surface area contributed by atoms with Gasteiger partial charge in [-0.3, -0.25) is 4.79 Å². The topological polar surface area (TPSA) is 42.0 Å². The van der Waals surface area contributed by atoms with E-state index in [9.17, 15) is 9.18 Å². The van der Waals surface area contributed by atoms with Crippen LogP contribution in [0.25, 0.3) is 16.3 Å². The summed E-state index contributed by atoms with van der Waals surface area (Å²) in [4.78, 5) is 16.2. The van der Waals surface area contributed by atoms with Crippen molar-refractivity contribution < 1.29 is 9.18 Å². The van der Waals surface area contributed by atoms with Crippen LogP contribution < -0.4 is 5.32 Å². The number of rotatable bonds is 3. The number of anilines is 1. The fourth-order valence-electron chi connectivity index (χ4n) is 1.88. The molecule has 1 N–H and O–H groups in total. The highest BCUT2D eigenvalue weighted by atomic mass is 35.5. The van der Waals surface area contributed by atoms with Gasteiger partial charge < -0.3 is 5.32 Å². The first-order valence-corrected chi connectivity index (χ1v) is 7.61. The van der Waals surface area contributed by atoms with Crippen molar-refractivity contribution in [3.05, 3.63) is 64.4 Å². The molecule has 22 heavy (non-hydrogen) atoms. The molecule has 1 heterocycles. The van der Waals surface area contributed by atoms with Crippen LogP contribution in [0.5, 0.6) is 0 Å². The molecule has 0 aliphatic heterocycles. The fraction of sp³-hybridized carbons (Fsp3) is 0. The van der Waals surface area contributed by atoms with E-state index in [1.165, 1.54) is 29.5 Å². The Balaban J connectivity index is 1.74. The van der Waals surface area contributed by atoms with Crippen molar-refractivity contribution in [2.24, 2.45) is 0 Å². The van der Waals surface area contributed by atoms with Crippen molar-refractivity contribution >= 4 is 50.8 Å². The maximum Gasteiger partial charge on any atom is 0.248 e. The highest BCUT2D eigenvalue weighted by Crippen LogP contribution is 2.23. The standard InChI is InChI=1S/C16H10ClFN2OS/c17-10-4-3-6-12(16(10)18)19-14(21)8-9-15-20-11-5-1-2-7-13(11)22-15/h1-9H,(H,19,21)/b9-8+. The van der Waals surface area contributed by atoms with Crippen LogP contribution in [0.4, 0.5) is 10.1 Å². The number of thiazole rings is 1. The summed E-state index contributed by atoms with van der Waals surface area (Å²) >= 11 is 7.14. The minimum atomic E-state index is -0.647. The number of para-hydroxylation sites is 1. The second kappa shape index (κ2) is 6.25. The van der Waals surface area contributed by atoms with E-state index in [4.69, 9.17) is 11.6 Å². The maximum atomic E-state index is 13.7. The van der Waals surface area contributed by atoms with Gasteiger partial charge in [-0.05, 0) is 30.3 Å². The number of amides is 1. The minimum Gasteiger partial charge on any atom is -0.320 e. The Bertz CT molecular complexity index is 842. The van der Waals surface area contributed by atoms with Crippen molar-refractivity contribution in [1.82, 2.24) is 4.98 Å². The Kier molecular flexibility index (Phi) is 4.18. The lowest BCUT2D eigenvalue weighted by Gasteiger charge is -2.04. The summed E-state index contributed by atoms with van der Waals surface area (Å²) in [6.07, 6.45) is 2.92. The summed E-state index contributed by atoms with van der Waals surface area (Å²) in [6.45, 7) is 0. The van der Waals surface area contributed by atoms with Gasteiger partial charge in [0.05, 0.1) is 20.9 Å². The zero-order chi connectivity index (χ0) is 15.5. The zero-order valence-electron chi connectivity index (χ0n) is 11.2. The molecule has 6 heteroatoms. The molecule has 2 aromatic carbocycles. The summed E-state index contributed by atoms with van der Waals surface area (Å²) in [5.74, 6) is -1.09. The van der Waals surface area contributed by atoms with E-state index in [1.54, 1.807) is 12.1 Å². The predicted octanol–water partition coefficient (Wildman–Crippen LogP) is 4.74. The molecule has 110 valence electrons. The van der Waals surface area contributed by atoms with Crippen LogP contribution in [0.2, 0.25) is 5.02 Å². The number of nitrogens with zero attached hydrogens (tertiary/aromatic N) is 1. The summed E-state index contributed by atoms with van der Waals surface area (Å²) in [5, 5.41) is 3.12. The van der Waals surface area contributed by atoms with Gasteiger partial charge in [0, 0.05) is 6.08 Å². The SMILES string of the molecule is O=C(/C=C/c1nc2ccccc2s1)Nc1cccc(Cl)c1F. The number of benzene rings is 2. The van der Waals surface area contributed by atoms with E-state index in [2.05, 4.69) is 10.3 Å². The van der Waals surface area contributed by atoms with Crippen LogP contribution in [0.15, 0.2) is 48.5 Å². The van der Waals surface area contributed by atoms with Crippen LogP contribution in [-0.4, -0.2) is 10.9 Å². The molecule has 0 aliphatic carbocycles. The highest BCUT2D eigenvalue weighted by Gasteiger charge is 2.08. The number of nitrogens with one attached hydrogen (secondary N) is 1. The number of aromatic nitrogens is 1. The molecule has 1 aromatic heterocycles. The fourth-order valence-corrected chi connectivity index (χ4v) is 2.93. The highest BCUT2D eigenvalue weighted by molar-refractivity contribution is 7.19. The number of halogens is 2. The number of hydrogen-bond donors (Lipinski definition) is 1. The second-order valence-corrected chi connectivity index (χ2v) is 5.91. The largest absolute Gasteiger partial charge is 0.320 e. The summed E-state index contributed by atoms with van der Waals surface area (Å²) in [7, 11) is 0. The third kappa shape index (κ3) is 3.16. The molecule has 0 fully saturated rings. The maximum absolute atomic E-state index is 13.7. The van der Waals surface area contributed by atoms with E-state index >= 15 is 0 Å². The van der Waals surface area contributed by atoms with Gasteiger partial charge in [0.1, 0.15) is 5.01 Å². The molecule has 0 saturated carbocycles. The average molecular weight is 333 g/mol. The summed E-state index contributed by atoms with van der Waals surface area (Å²) < 4.78 is 14.7. The third-order valence-electron chi connectivity index (χ3n) is 2.90. The Morgan fingerprint density at radius 2 is 2.05 bits per heavy atom. The molecular formula is C16H10ClFN2OS. The normalized spacial score (nSPS) is 11.2. The molecule has 1 amide bonds. The van der Waals surface area contributed by atoms with Gasteiger partial charge in [-0.1, -0.05) is 29.8 Å². The van der Waals surface area contributed by atoms with Gasteiger partial charge >= 0.3 is 0 Å². The molecule has 3 rings (SSSR count). The summed E-state index contributed by atoms with van der Waals surface area (Å²) in [6, 6.07) is 12.1. The van der Waals surface area contributed by atoms with Crippen molar-refractivity contribution in [2.45, 2.75) is 0 Å². The van der Waals surface area contributed by atoms with Crippen LogP contribution >= 0.6 is 22.9 Å². The molecule has 0 unspecified atom stereocenters. The predicted molar refractivity (Wildman–Crippen MR) is 88.7 cm³/mol. The van der Waals surface area contributed by atoms with E-state index in [0.29, 0.717) is 5.01 Å². The van der Waals surface area contributed by atoms with Crippen LogP contribution in [0.1, 0.15) is 5.01 Å². The van der Waals surface area contributed by atoms with Gasteiger partial charge in [-0.25, -0.2) is 9.37 Å². The average Bonchev–Trinajstić information content (AvgIpc) is 2.93. The van der Waals surface area contributed by atoms with E-state index in [0.717, 1.165) is 10.2 Å². The molecule has 3 nitrogen and oxygen atoms in total. The number of fused-ring (bicyclic) bond motifs is 1. The molecule has 0 radical (unpaired) electrons. The summed E-state index contributed by atoms with van der Waals surface area (Å²) in [5.41, 5.74) is 0.930. The lowest BCUT2D eigenvalue weighted by Crippen LogP contribution is -2.09. The lowest BCUT2D eigenvalue weighted by molar-refractivity contribution is -0.111. The number of carbonyl (C=O) groups excluding carboxylic acids is 1. The quantitative estimate of drug-likeness (QED) is 0.704. The van der Waals surface area contributed by atoms with E-state index in [1.807, 2.05) is 24.3 Å². The van der Waals surface area contributed by atoms with Crippen molar-refractivity contribution in [3.8, 4) is 0 Å². The van der Waals surface area contributed by atoms with Gasteiger partial charge in [-0.2, -0.15) is 0 Å². The van der Waals surface area contributed by atoms with Crippen LogP contribution in [0, 0.1) is 5.82 Å². The van der Waals surface area contributed by atoms with E-state index < -0.39 is 11.7 Å². The first-order chi connectivity index (χ1) is 10.6. The second-order valence-electron chi connectivity index (χ2n) is 4.44. The molecule has 3 aromatic rings. The Hall–Kier alpha value is -2.24. The minimum absolute atomic E-state index is 0.0343. The molecule has 0 atom stereocenters.